The summed E-state index contributed by atoms with van der Waals surface area (Å²) in [6.45, 7) is 2.59. The van der Waals surface area contributed by atoms with Crippen molar-refractivity contribution in [3.05, 3.63) is 105 Å². The van der Waals surface area contributed by atoms with Crippen LogP contribution in [0.5, 0.6) is 11.5 Å². The fourth-order valence-electron chi connectivity index (χ4n) is 3.69. The van der Waals surface area contributed by atoms with Gasteiger partial charge in [-0.25, -0.2) is 5.43 Å². The van der Waals surface area contributed by atoms with Gasteiger partial charge in [0.25, 0.3) is 0 Å². The molecule has 11 heteroatoms. The minimum Gasteiger partial charge on any atom is -0.496 e. The topological polar surface area (TPSA) is 134 Å². The molecule has 0 bridgehead atoms. The monoisotopic (exact) mass is 517 g/mol. The Morgan fingerprint density at radius 1 is 1.21 bits per heavy atom. The van der Waals surface area contributed by atoms with Gasteiger partial charge >= 0.3 is 11.6 Å². The Bertz CT molecular complexity index is 1420. The second-order valence-electron chi connectivity index (χ2n) is 8.37. The number of methoxy groups -OCH3 is 1. The first-order chi connectivity index (χ1) is 18.4. The summed E-state index contributed by atoms with van der Waals surface area (Å²) in [6, 6.07) is 16.6. The number of carbonyl (C=O) groups excluding carboxylic acids is 1. The number of furan rings is 1. The van der Waals surface area contributed by atoms with E-state index in [0.717, 1.165) is 35.9 Å². The number of nitrogens with zero attached hydrogens (tertiary/aromatic N) is 4. The first-order valence-corrected chi connectivity index (χ1v) is 11.9. The van der Waals surface area contributed by atoms with Crippen LogP contribution in [0.25, 0.3) is 0 Å². The molecule has 0 spiro atoms. The Kier molecular flexibility index (Phi) is 8.50. The molecule has 38 heavy (non-hydrogen) atoms. The van der Waals surface area contributed by atoms with Crippen molar-refractivity contribution in [2.24, 2.45) is 5.10 Å². The van der Waals surface area contributed by atoms with Gasteiger partial charge in [-0.1, -0.05) is 25.5 Å². The van der Waals surface area contributed by atoms with Gasteiger partial charge in [0, 0.05) is 5.56 Å². The summed E-state index contributed by atoms with van der Waals surface area (Å²) >= 11 is 0. The van der Waals surface area contributed by atoms with E-state index < -0.39 is 10.8 Å². The maximum absolute atomic E-state index is 12.4. The smallest absolute Gasteiger partial charge is 0.307 e. The van der Waals surface area contributed by atoms with Crippen LogP contribution >= 0.6 is 0 Å². The quantitative estimate of drug-likeness (QED) is 0.163. The van der Waals surface area contributed by atoms with Crippen molar-refractivity contribution in [3.63, 3.8) is 0 Å². The van der Waals surface area contributed by atoms with E-state index in [1.807, 2.05) is 30.3 Å². The van der Waals surface area contributed by atoms with Crippen molar-refractivity contribution in [1.82, 2.24) is 15.2 Å². The molecule has 0 saturated carbocycles. The van der Waals surface area contributed by atoms with E-state index in [9.17, 15) is 14.9 Å². The highest BCUT2D eigenvalue weighted by molar-refractivity contribution is 5.92. The standard InChI is InChI=1S/C27H27N5O6/c1-3-4-19-5-8-23(9-6-19)37-18-21-13-20(7-11-25(21)36-2)14-28-30-27(33)26-12-10-24(38-26)17-31-16-22(15-29-31)32(34)35/h5-16H,3-4,17-18H2,1-2H3,(H,30,33). The van der Waals surface area contributed by atoms with Crippen LogP contribution in [-0.2, 0) is 19.6 Å². The minimum absolute atomic E-state index is 0.0487. The van der Waals surface area contributed by atoms with Gasteiger partial charge in [-0.2, -0.15) is 10.2 Å². The van der Waals surface area contributed by atoms with Crippen LogP contribution in [0.1, 0.15) is 46.3 Å². The number of aryl methyl sites for hydroxylation is 1. The van der Waals surface area contributed by atoms with Crippen LogP contribution in [-0.4, -0.2) is 33.9 Å². The average molecular weight is 518 g/mol. The van der Waals surface area contributed by atoms with Gasteiger partial charge < -0.3 is 13.9 Å². The zero-order chi connectivity index (χ0) is 26.9. The zero-order valence-electron chi connectivity index (χ0n) is 21.0. The number of aromatic nitrogens is 2. The van der Waals surface area contributed by atoms with E-state index >= 15 is 0 Å². The number of hydrazone groups is 1. The highest BCUT2D eigenvalue weighted by Crippen LogP contribution is 2.22. The average Bonchev–Trinajstić information content (AvgIpc) is 3.59. The molecule has 0 saturated heterocycles. The molecule has 2 heterocycles. The summed E-state index contributed by atoms with van der Waals surface area (Å²) in [7, 11) is 1.59. The normalized spacial score (nSPS) is 11.0. The summed E-state index contributed by atoms with van der Waals surface area (Å²) in [5, 5.41) is 18.7. The minimum atomic E-state index is -0.539. The van der Waals surface area contributed by atoms with Crippen LogP contribution < -0.4 is 14.9 Å². The van der Waals surface area contributed by atoms with Gasteiger partial charge in [0.2, 0.25) is 0 Å². The summed E-state index contributed by atoms with van der Waals surface area (Å²) in [5.74, 6) is 1.37. The van der Waals surface area contributed by atoms with Gasteiger partial charge in [-0.3, -0.25) is 19.6 Å². The Hall–Kier alpha value is -4.93. The molecule has 196 valence electrons. The van der Waals surface area contributed by atoms with Gasteiger partial charge in [0.05, 0.1) is 24.8 Å². The molecule has 0 aliphatic carbocycles. The summed E-state index contributed by atoms with van der Waals surface area (Å²) < 4.78 is 18.3. The van der Waals surface area contributed by atoms with Crippen LogP contribution in [0.4, 0.5) is 5.69 Å². The molecule has 0 unspecified atom stereocenters. The van der Waals surface area contributed by atoms with Crippen molar-refractivity contribution in [1.29, 1.82) is 0 Å². The molecule has 0 atom stereocenters. The fourth-order valence-corrected chi connectivity index (χ4v) is 3.69. The Morgan fingerprint density at radius 3 is 2.74 bits per heavy atom. The molecular formula is C27H27N5O6. The van der Waals surface area contributed by atoms with Crippen molar-refractivity contribution < 1.29 is 23.6 Å². The van der Waals surface area contributed by atoms with E-state index in [4.69, 9.17) is 13.9 Å². The van der Waals surface area contributed by atoms with Crippen molar-refractivity contribution in [2.75, 3.05) is 7.11 Å². The maximum Gasteiger partial charge on any atom is 0.307 e. The number of rotatable bonds is 12. The molecule has 0 fully saturated rings. The molecule has 4 rings (SSSR count). The Labute approximate surface area is 218 Å². The van der Waals surface area contributed by atoms with E-state index in [-0.39, 0.29) is 18.0 Å². The second kappa shape index (κ2) is 12.3. The number of carbonyl (C=O) groups is 1. The number of hydrogen-bond acceptors (Lipinski definition) is 8. The summed E-state index contributed by atoms with van der Waals surface area (Å²) in [6.07, 6.45) is 6.06. The molecule has 11 nitrogen and oxygen atoms in total. The molecule has 2 aromatic heterocycles. The highest BCUT2D eigenvalue weighted by Gasteiger charge is 2.13. The summed E-state index contributed by atoms with van der Waals surface area (Å²) in [4.78, 5) is 22.7. The third-order valence-corrected chi connectivity index (χ3v) is 5.57. The van der Waals surface area contributed by atoms with E-state index in [2.05, 4.69) is 34.7 Å². The number of benzene rings is 2. The summed E-state index contributed by atoms with van der Waals surface area (Å²) in [5.41, 5.74) is 5.14. The SMILES string of the molecule is CCCc1ccc(OCc2cc(C=NNC(=O)c3ccc(Cn4cc([N+](=O)[O-])cn4)o3)ccc2OC)cc1. The molecule has 2 aromatic carbocycles. The number of nitro groups is 1. The molecular weight excluding hydrogens is 490 g/mol. The molecule has 0 aliphatic rings. The Morgan fingerprint density at radius 2 is 2.03 bits per heavy atom. The molecule has 4 aromatic rings. The maximum atomic E-state index is 12.4. The third-order valence-electron chi connectivity index (χ3n) is 5.57. The van der Waals surface area contributed by atoms with Crippen molar-refractivity contribution in [3.8, 4) is 11.5 Å². The van der Waals surface area contributed by atoms with Gasteiger partial charge in [0.1, 0.15) is 36.3 Å². The lowest BCUT2D eigenvalue weighted by Crippen LogP contribution is -2.16. The lowest BCUT2D eigenvalue weighted by atomic mass is 10.1. The molecule has 1 amide bonds. The molecule has 0 aliphatic heterocycles. The lowest BCUT2D eigenvalue weighted by molar-refractivity contribution is -0.385. The second-order valence-corrected chi connectivity index (χ2v) is 8.37. The van der Waals surface area contributed by atoms with Crippen LogP contribution in [0.2, 0.25) is 0 Å². The van der Waals surface area contributed by atoms with Gasteiger partial charge in [-0.05, 0) is 60.0 Å². The van der Waals surface area contributed by atoms with Crippen LogP contribution in [0.15, 0.2) is 76.5 Å². The number of amides is 1. The molecule has 0 radical (unpaired) electrons. The highest BCUT2D eigenvalue weighted by atomic mass is 16.6. The number of hydrogen-bond donors (Lipinski definition) is 1. The number of ether oxygens (including phenoxy) is 2. The first kappa shape index (κ1) is 26.1. The predicted octanol–water partition coefficient (Wildman–Crippen LogP) is 4.74. The van der Waals surface area contributed by atoms with Crippen LogP contribution in [0.3, 0.4) is 0 Å². The van der Waals surface area contributed by atoms with E-state index in [1.165, 1.54) is 28.7 Å². The third kappa shape index (κ3) is 6.84. The fraction of sp³-hybridized carbons (Fsp3) is 0.222. The largest absolute Gasteiger partial charge is 0.496 e. The molecule has 1 N–H and O–H groups in total. The number of nitrogens with one attached hydrogen (secondary N) is 1. The first-order valence-electron chi connectivity index (χ1n) is 11.9. The zero-order valence-corrected chi connectivity index (χ0v) is 21.0. The van der Waals surface area contributed by atoms with Crippen LogP contribution in [0, 0.1) is 10.1 Å². The van der Waals surface area contributed by atoms with Gasteiger partial charge in [0.15, 0.2) is 5.76 Å². The van der Waals surface area contributed by atoms with E-state index in [0.29, 0.717) is 18.1 Å². The van der Waals surface area contributed by atoms with Gasteiger partial charge in [-0.15, -0.1) is 0 Å². The van der Waals surface area contributed by atoms with Crippen molar-refractivity contribution in [2.45, 2.75) is 32.9 Å². The predicted molar refractivity (Wildman–Crippen MR) is 140 cm³/mol. The lowest BCUT2D eigenvalue weighted by Gasteiger charge is -2.11. The van der Waals surface area contributed by atoms with Crippen molar-refractivity contribution >= 4 is 17.8 Å². The van der Waals surface area contributed by atoms with E-state index in [1.54, 1.807) is 13.2 Å². The Balaban J connectivity index is 1.34.